The first kappa shape index (κ1) is 18.9. The Bertz CT molecular complexity index is 1070. The Labute approximate surface area is 159 Å². The van der Waals surface area contributed by atoms with Gasteiger partial charge in [-0.15, -0.1) is 0 Å². The molecule has 3 aromatic rings. The van der Waals surface area contributed by atoms with E-state index in [1.807, 2.05) is 50.2 Å². The Morgan fingerprint density at radius 2 is 1.74 bits per heavy atom. The van der Waals surface area contributed by atoms with Gasteiger partial charge in [-0.1, -0.05) is 48.9 Å². The van der Waals surface area contributed by atoms with E-state index in [1.165, 1.54) is 0 Å². The van der Waals surface area contributed by atoms with Crippen LogP contribution in [0.4, 0.5) is 5.69 Å². The van der Waals surface area contributed by atoms with Crippen LogP contribution in [0.25, 0.3) is 0 Å². The standard InChI is InChI=1S/C21H22N2O3S/c1-14-7-9-16(10-8-14)21(24)20-12-11-19(22-20)15(2)17-5-4-6-18(13-17)23-27(3,25)26/h4-13,15,22-23H,1-3H3. The largest absolute Gasteiger partial charge is 0.355 e. The van der Waals surface area contributed by atoms with Crippen molar-refractivity contribution in [3.05, 3.63) is 88.7 Å². The third kappa shape index (κ3) is 4.65. The van der Waals surface area contributed by atoms with E-state index in [0.717, 1.165) is 23.1 Å². The minimum Gasteiger partial charge on any atom is -0.355 e. The van der Waals surface area contributed by atoms with Crippen molar-refractivity contribution in [3.8, 4) is 0 Å². The van der Waals surface area contributed by atoms with Crippen LogP contribution in [-0.4, -0.2) is 25.4 Å². The Morgan fingerprint density at radius 3 is 2.41 bits per heavy atom. The van der Waals surface area contributed by atoms with Crippen LogP contribution in [0.2, 0.25) is 0 Å². The molecule has 0 bridgehead atoms. The molecular weight excluding hydrogens is 360 g/mol. The van der Waals surface area contributed by atoms with Crippen molar-refractivity contribution in [2.24, 2.45) is 0 Å². The summed E-state index contributed by atoms with van der Waals surface area (Å²) < 4.78 is 25.3. The van der Waals surface area contributed by atoms with E-state index >= 15 is 0 Å². The molecule has 1 unspecified atom stereocenters. The third-order valence-corrected chi connectivity index (χ3v) is 5.03. The molecule has 0 fully saturated rings. The average molecular weight is 382 g/mol. The van der Waals surface area contributed by atoms with E-state index in [0.29, 0.717) is 16.9 Å². The van der Waals surface area contributed by atoms with Gasteiger partial charge in [0.05, 0.1) is 11.9 Å². The predicted octanol–water partition coefficient (Wildman–Crippen LogP) is 4.08. The second-order valence-electron chi connectivity index (χ2n) is 6.74. The fraction of sp³-hybridized carbons (Fsp3) is 0.190. The highest BCUT2D eigenvalue weighted by Crippen LogP contribution is 2.26. The van der Waals surface area contributed by atoms with Gasteiger partial charge in [-0.2, -0.15) is 0 Å². The van der Waals surface area contributed by atoms with E-state index in [2.05, 4.69) is 9.71 Å². The zero-order chi connectivity index (χ0) is 19.6. The van der Waals surface area contributed by atoms with Gasteiger partial charge in [0.2, 0.25) is 15.8 Å². The van der Waals surface area contributed by atoms with Crippen molar-refractivity contribution in [2.45, 2.75) is 19.8 Å². The van der Waals surface area contributed by atoms with Gasteiger partial charge >= 0.3 is 0 Å². The van der Waals surface area contributed by atoms with Crippen molar-refractivity contribution < 1.29 is 13.2 Å². The fourth-order valence-electron chi connectivity index (χ4n) is 2.92. The van der Waals surface area contributed by atoms with Gasteiger partial charge in [-0.3, -0.25) is 9.52 Å². The van der Waals surface area contributed by atoms with E-state index in [-0.39, 0.29) is 11.7 Å². The quantitative estimate of drug-likeness (QED) is 0.631. The molecule has 140 valence electrons. The monoisotopic (exact) mass is 382 g/mol. The molecule has 0 aliphatic carbocycles. The van der Waals surface area contributed by atoms with E-state index < -0.39 is 10.0 Å². The maximum atomic E-state index is 12.6. The number of anilines is 1. The summed E-state index contributed by atoms with van der Waals surface area (Å²) in [5, 5.41) is 0. The summed E-state index contributed by atoms with van der Waals surface area (Å²) >= 11 is 0. The number of aromatic nitrogens is 1. The number of hydrogen-bond donors (Lipinski definition) is 2. The highest BCUT2D eigenvalue weighted by Gasteiger charge is 2.16. The molecule has 0 saturated heterocycles. The lowest BCUT2D eigenvalue weighted by Crippen LogP contribution is -2.10. The molecule has 1 aromatic heterocycles. The van der Waals surface area contributed by atoms with Gasteiger partial charge < -0.3 is 4.98 Å². The van der Waals surface area contributed by atoms with Crippen molar-refractivity contribution in [1.29, 1.82) is 0 Å². The molecule has 2 aromatic carbocycles. The maximum absolute atomic E-state index is 12.6. The van der Waals surface area contributed by atoms with Crippen LogP contribution in [-0.2, 0) is 10.0 Å². The number of aromatic amines is 1. The summed E-state index contributed by atoms with van der Waals surface area (Å²) in [5.41, 5.74) is 4.63. The molecule has 0 aliphatic heterocycles. The second kappa shape index (κ2) is 7.40. The summed E-state index contributed by atoms with van der Waals surface area (Å²) in [7, 11) is -3.33. The molecule has 0 saturated carbocycles. The lowest BCUT2D eigenvalue weighted by molar-refractivity contribution is 0.103. The number of rotatable bonds is 6. The van der Waals surface area contributed by atoms with Crippen molar-refractivity contribution >= 4 is 21.5 Å². The van der Waals surface area contributed by atoms with E-state index in [9.17, 15) is 13.2 Å². The molecule has 0 spiro atoms. The van der Waals surface area contributed by atoms with E-state index in [1.54, 1.807) is 24.3 Å². The summed E-state index contributed by atoms with van der Waals surface area (Å²) in [6.45, 7) is 3.99. The molecule has 1 atom stereocenters. The number of carbonyl (C=O) groups is 1. The molecule has 27 heavy (non-hydrogen) atoms. The molecule has 2 N–H and O–H groups in total. The first-order chi connectivity index (χ1) is 12.7. The molecule has 0 aliphatic rings. The van der Waals surface area contributed by atoms with Crippen molar-refractivity contribution in [2.75, 3.05) is 11.0 Å². The minimum atomic E-state index is -3.33. The zero-order valence-corrected chi connectivity index (χ0v) is 16.3. The number of aryl methyl sites for hydroxylation is 1. The Hall–Kier alpha value is -2.86. The second-order valence-corrected chi connectivity index (χ2v) is 8.49. The summed E-state index contributed by atoms with van der Waals surface area (Å²) in [6.07, 6.45) is 1.12. The molecule has 3 rings (SSSR count). The molecule has 5 nitrogen and oxygen atoms in total. The molecule has 1 heterocycles. The number of benzene rings is 2. The zero-order valence-electron chi connectivity index (χ0n) is 15.5. The Balaban J connectivity index is 1.82. The van der Waals surface area contributed by atoms with Gasteiger partial charge in [0, 0.05) is 22.9 Å². The third-order valence-electron chi connectivity index (χ3n) is 4.42. The van der Waals surface area contributed by atoms with Gasteiger partial charge in [0.25, 0.3) is 0 Å². The molecule has 0 radical (unpaired) electrons. The number of sulfonamides is 1. The number of nitrogens with one attached hydrogen (secondary N) is 2. The van der Waals surface area contributed by atoms with Crippen LogP contribution in [0.3, 0.4) is 0 Å². The van der Waals surface area contributed by atoms with Crippen LogP contribution in [0, 0.1) is 6.92 Å². The maximum Gasteiger partial charge on any atom is 0.229 e. The van der Waals surface area contributed by atoms with Crippen molar-refractivity contribution in [3.63, 3.8) is 0 Å². The van der Waals surface area contributed by atoms with Crippen molar-refractivity contribution in [1.82, 2.24) is 4.98 Å². The minimum absolute atomic E-state index is 0.0223. The van der Waals surface area contributed by atoms with Crippen LogP contribution in [0.15, 0.2) is 60.7 Å². The fourth-order valence-corrected chi connectivity index (χ4v) is 3.48. The molecule has 6 heteroatoms. The number of hydrogen-bond acceptors (Lipinski definition) is 3. The first-order valence-electron chi connectivity index (χ1n) is 8.61. The smallest absolute Gasteiger partial charge is 0.229 e. The van der Waals surface area contributed by atoms with Gasteiger partial charge in [0.15, 0.2) is 0 Å². The Kier molecular flexibility index (Phi) is 5.19. The summed E-state index contributed by atoms with van der Waals surface area (Å²) in [6, 6.07) is 18.4. The highest BCUT2D eigenvalue weighted by atomic mass is 32.2. The van der Waals surface area contributed by atoms with Crippen LogP contribution in [0.5, 0.6) is 0 Å². The normalized spacial score (nSPS) is 12.6. The van der Waals surface area contributed by atoms with Crippen LogP contribution < -0.4 is 4.72 Å². The van der Waals surface area contributed by atoms with E-state index in [4.69, 9.17) is 0 Å². The van der Waals surface area contributed by atoms with Gasteiger partial charge in [-0.25, -0.2) is 8.42 Å². The number of ketones is 1. The molecule has 0 amide bonds. The summed E-state index contributed by atoms with van der Waals surface area (Å²) in [5.74, 6) is -0.0770. The van der Waals surface area contributed by atoms with Gasteiger partial charge in [0.1, 0.15) is 0 Å². The van der Waals surface area contributed by atoms with Crippen LogP contribution in [0.1, 0.15) is 45.7 Å². The summed E-state index contributed by atoms with van der Waals surface area (Å²) in [4.78, 5) is 15.8. The lowest BCUT2D eigenvalue weighted by atomic mass is 9.98. The van der Waals surface area contributed by atoms with Crippen LogP contribution >= 0.6 is 0 Å². The first-order valence-corrected chi connectivity index (χ1v) is 10.5. The Morgan fingerprint density at radius 1 is 1.04 bits per heavy atom. The molecular formula is C21H22N2O3S. The SMILES string of the molecule is Cc1ccc(C(=O)c2ccc(C(C)c3cccc(NS(C)(=O)=O)c3)[nH]2)cc1. The highest BCUT2D eigenvalue weighted by molar-refractivity contribution is 7.92. The predicted molar refractivity (Wildman–Crippen MR) is 108 cm³/mol. The average Bonchev–Trinajstić information content (AvgIpc) is 3.10. The number of H-pyrrole nitrogens is 1. The van der Waals surface area contributed by atoms with Gasteiger partial charge in [-0.05, 0) is 36.8 Å². The topological polar surface area (TPSA) is 79.0 Å². The number of carbonyl (C=O) groups excluding carboxylic acids is 1. The lowest BCUT2D eigenvalue weighted by Gasteiger charge is -2.12.